The van der Waals surface area contributed by atoms with Crippen molar-refractivity contribution in [1.29, 1.82) is 0 Å². The molecule has 1 N–H and O–H groups in total. The maximum absolute atomic E-state index is 12.2. The monoisotopic (exact) mass is 253 g/mol. The van der Waals surface area contributed by atoms with Crippen LogP contribution in [-0.2, 0) is 0 Å². The minimum absolute atomic E-state index is 0.165. The molecule has 4 heteroatoms. The third kappa shape index (κ3) is 3.61. The van der Waals surface area contributed by atoms with Crippen LogP contribution in [0, 0.1) is 0 Å². The third-order valence-electron chi connectivity index (χ3n) is 4.43. The van der Waals surface area contributed by atoms with Crippen molar-refractivity contribution in [3.05, 3.63) is 0 Å². The van der Waals surface area contributed by atoms with Gasteiger partial charge in [0.25, 0.3) is 0 Å². The Kier molecular flexibility index (Phi) is 4.87. The predicted molar refractivity (Wildman–Crippen MR) is 73.7 cm³/mol. The van der Waals surface area contributed by atoms with Gasteiger partial charge in [-0.05, 0) is 39.7 Å². The molecule has 2 unspecified atom stereocenters. The SMILES string of the molecule is CC1CC(NC(=O)N2CCCCCC2)CCN1C. The van der Waals surface area contributed by atoms with Crippen molar-refractivity contribution in [3.8, 4) is 0 Å². The summed E-state index contributed by atoms with van der Waals surface area (Å²) in [4.78, 5) is 16.6. The number of likely N-dealkylation sites (tertiary alicyclic amines) is 2. The first-order chi connectivity index (χ1) is 8.66. The molecule has 0 aromatic carbocycles. The van der Waals surface area contributed by atoms with E-state index in [1.165, 1.54) is 12.8 Å². The molecule has 0 radical (unpaired) electrons. The number of amides is 2. The smallest absolute Gasteiger partial charge is 0.317 e. The van der Waals surface area contributed by atoms with Crippen LogP contribution in [0.5, 0.6) is 0 Å². The molecule has 0 saturated carbocycles. The van der Waals surface area contributed by atoms with Crippen LogP contribution in [0.15, 0.2) is 0 Å². The number of nitrogens with one attached hydrogen (secondary N) is 1. The number of carbonyl (C=O) groups excluding carboxylic acids is 1. The maximum atomic E-state index is 12.2. The van der Waals surface area contributed by atoms with Crippen LogP contribution in [0.4, 0.5) is 4.79 Å². The normalized spacial score (nSPS) is 30.9. The number of carbonyl (C=O) groups is 1. The van der Waals surface area contributed by atoms with Crippen LogP contribution in [0.1, 0.15) is 45.4 Å². The Morgan fingerprint density at radius 2 is 1.78 bits per heavy atom. The molecule has 2 saturated heterocycles. The van der Waals surface area contributed by atoms with E-state index in [0.717, 1.165) is 45.3 Å². The van der Waals surface area contributed by atoms with Crippen molar-refractivity contribution in [3.63, 3.8) is 0 Å². The minimum atomic E-state index is 0.165. The Morgan fingerprint density at radius 3 is 2.39 bits per heavy atom. The Hall–Kier alpha value is -0.770. The fourth-order valence-electron chi connectivity index (χ4n) is 2.96. The first-order valence-corrected chi connectivity index (χ1v) is 7.42. The Labute approximate surface area is 111 Å². The zero-order chi connectivity index (χ0) is 13.0. The van der Waals surface area contributed by atoms with E-state index in [1.807, 2.05) is 4.90 Å². The Bertz CT molecular complexity index is 274. The van der Waals surface area contributed by atoms with Crippen molar-refractivity contribution in [2.75, 3.05) is 26.7 Å². The van der Waals surface area contributed by atoms with Gasteiger partial charge in [0.15, 0.2) is 0 Å². The van der Waals surface area contributed by atoms with E-state index >= 15 is 0 Å². The largest absolute Gasteiger partial charge is 0.335 e. The lowest BCUT2D eigenvalue weighted by Crippen LogP contribution is -2.51. The zero-order valence-corrected chi connectivity index (χ0v) is 11.8. The second kappa shape index (κ2) is 6.41. The first-order valence-electron chi connectivity index (χ1n) is 7.42. The number of nitrogens with zero attached hydrogens (tertiary/aromatic N) is 2. The molecule has 2 aliphatic heterocycles. The van der Waals surface area contributed by atoms with Crippen molar-refractivity contribution in [2.45, 2.75) is 57.5 Å². The summed E-state index contributed by atoms with van der Waals surface area (Å²) in [6.45, 7) is 5.21. The van der Waals surface area contributed by atoms with E-state index in [2.05, 4.69) is 24.2 Å². The van der Waals surface area contributed by atoms with Gasteiger partial charge in [-0.15, -0.1) is 0 Å². The molecule has 0 aromatic rings. The van der Waals surface area contributed by atoms with E-state index < -0.39 is 0 Å². The van der Waals surface area contributed by atoms with Gasteiger partial charge in [0, 0.05) is 31.7 Å². The molecular weight excluding hydrogens is 226 g/mol. The molecule has 0 bridgehead atoms. The van der Waals surface area contributed by atoms with E-state index in [4.69, 9.17) is 0 Å². The third-order valence-corrected chi connectivity index (χ3v) is 4.43. The van der Waals surface area contributed by atoms with Crippen LogP contribution >= 0.6 is 0 Å². The number of hydrogen-bond donors (Lipinski definition) is 1. The standard InChI is InChI=1S/C14H27N3O/c1-12-11-13(7-10-16(12)2)15-14(18)17-8-5-3-4-6-9-17/h12-13H,3-11H2,1-2H3,(H,15,18). The quantitative estimate of drug-likeness (QED) is 0.776. The van der Waals surface area contributed by atoms with Crippen molar-refractivity contribution in [1.82, 2.24) is 15.1 Å². The highest BCUT2D eigenvalue weighted by molar-refractivity contribution is 5.74. The average Bonchev–Trinajstić information content (AvgIpc) is 2.62. The molecule has 0 aromatic heterocycles. The molecule has 2 atom stereocenters. The number of hydrogen-bond acceptors (Lipinski definition) is 2. The van der Waals surface area contributed by atoms with Crippen LogP contribution in [0.3, 0.4) is 0 Å². The summed E-state index contributed by atoms with van der Waals surface area (Å²) in [7, 11) is 2.16. The van der Waals surface area contributed by atoms with Gasteiger partial charge in [-0.25, -0.2) is 4.79 Å². The van der Waals surface area contributed by atoms with Gasteiger partial charge in [-0.1, -0.05) is 12.8 Å². The number of rotatable bonds is 1. The van der Waals surface area contributed by atoms with Crippen LogP contribution < -0.4 is 5.32 Å². The number of urea groups is 1. The first kappa shape index (κ1) is 13.7. The van der Waals surface area contributed by atoms with E-state index in [9.17, 15) is 4.79 Å². The van der Waals surface area contributed by atoms with E-state index in [1.54, 1.807) is 0 Å². The average molecular weight is 253 g/mol. The highest BCUT2D eigenvalue weighted by Crippen LogP contribution is 2.16. The molecule has 104 valence electrons. The van der Waals surface area contributed by atoms with Gasteiger partial charge in [0.05, 0.1) is 0 Å². The second-order valence-electron chi connectivity index (χ2n) is 5.90. The molecule has 0 spiro atoms. The highest BCUT2D eigenvalue weighted by Gasteiger charge is 2.25. The van der Waals surface area contributed by atoms with Gasteiger partial charge < -0.3 is 15.1 Å². The predicted octanol–water partition coefficient (Wildman–Crippen LogP) is 2.05. The van der Waals surface area contributed by atoms with Gasteiger partial charge in [0.1, 0.15) is 0 Å². The van der Waals surface area contributed by atoms with Crippen LogP contribution in [-0.4, -0.2) is 54.6 Å². The molecular formula is C14H27N3O. The summed E-state index contributed by atoms with van der Waals surface area (Å²) in [5.74, 6) is 0. The summed E-state index contributed by atoms with van der Waals surface area (Å²) >= 11 is 0. The lowest BCUT2D eigenvalue weighted by atomic mass is 9.99. The van der Waals surface area contributed by atoms with Gasteiger partial charge in [-0.3, -0.25) is 0 Å². The highest BCUT2D eigenvalue weighted by atomic mass is 16.2. The van der Waals surface area contributed by atoms with Gasteiger partial charge in [-0.2, -0.15) is 0 Å². The van der Waals surface area contributed by atoms with Crippen molar-refractivity contribution < 1.29 is 4.79 Å². The van der Waals surface area contributed by atoms with Crippen LogP contribution in [0.25, 0.3) is 0 Å². The topological polar surface area (TPSA) is 35.6 Å². The van der Waals surface area contributed by atoms with Crippen molar-refractivity contribution in [2.24, 2.45) is 0 Å². The van der Waals surface area contributed by atoms with E-state index in [-0.39, 0.29) is 6.03 Å². The molecule has 18 heavy (non-hydrogen) atoms. The summed E-state index contributed by atoms with van der Waals surface area (Å²) < 4.78 is 0. The molecule has 2 heterocycles. The summed E-state index contributed by atoms with van der Waals surface area (Å²) in [6, 6.07) is 1.11. The van der Waals surface area contributed by atoms with Gasteiger partial charge in [0.2, 0.25) is 0 Å². The van der Waals surface area contributed by atoms with Crippen LogP contribution in [0.2, 0.25) is 0 Å². The maximum Gasteiger partial charge on any atom is 0.317 e. The zero-order valence-electron chi connectivity index (χ0n) is 11.8. The van der Waals surface area contributed by atoms with Gasteiger partial charge >= 0.3 is 6.03 Å². The Balaban J connectivity index is 1.79. The lowest BCUT2D eigenvalue weighted by Gasteiger charge is -2.36. The summed E-state index contributed by atoms with van der Waals surface area (Å²) in [5, 5.41) is 3.23. The van der Waals surface area contributed by atoms with E-state index in [0.29, 0.717) is 12.1 Å². The molecule has 4 nitrogen and oxygen atoms in total. The fourth-order valence-corrected chi connectivity index (χ4v) is 2.96. The Morgan fingerprint density at radius 1 is 1.11 bits per heavy atom. The lowest BCUT2D eigenvalue weighted by molar-refractivity contribution is 0.156. The summed E-state index contributed by atoms with van der Waals surface area (Å²) in [6.07, 6.45) is 7.04. The molecule has 2 amide bonds. The van der Waals surface area contributed by atoms with Crippen molar-refractivity contribution >= 4 is 6.03 Å². The fraction of sp³-hybridized carbons (Fsp3) is 0.929. The molecule has 2 rings (SSSR count). The molecule has 0 aliphatic carbocycles. The molecule has 2 fully saturated rings. The minimum Gasteiger partial charge on any atom is -0.335 e. The number of piperidine rings is 1. The molecule has 2 aliphatic rings. The summed E-state index contributed by atoms with van der Waals surface area (Å²) in [5.41, 5.74) is 0. The second-order valence-corrected chi connectivity index (χ2v) is 5.90.